The van der Waals surface area contributed by atoms with E-state index in [0.29, 0.717) is 30.7 Å². The van der Waals surface area contributed by atoms with Crippen LogP contribution in [-0.4, -0.2) is 41.1 Å². The van der Waals surface area contributed by atoms with Crippen molar-refractivity contribution < 1.29 is 27.6 Å². The van der Waals surface area contributed by atoms with E-state index in [0.717, 1.165) is 11.6 Å². The Morgan fingerprint density at radius 2 is 1.72 bits per heavy atom. The first kappa shape index (κ1) is 21.2. The molecule has 154 valence electrons. The Balaban J connectivity index is 1.82. The molecule has 1 saturated heterocycles. The van der Waals surface area contributed by atoms with Crippen molar-refractivity contribution in [1.82, 2.24) is 4.90 Å². The fraction of sp³-hybridized carbons (Fsp3) is 0.381. The van der Waals surface area contributed by atoms with Crippen LogP contribution in [-0.2, 0) is 4.79 Å². The second-order valence-corrected chi connectivity index (χ2v) is 8.04. The fourth-order valence-electron chi connectivity index (χ4n) is 3.63. The number of nitrogens with zero attached hydrogens (tertiary/aromatic N) is 1. The van der Waals surface area contributed by atoms with Crippen LogP contribution < -0.4 is 0 Å². The Morgan fingerprint density at radius 1 is 1.07 bits per heavy atom. The third-order valence-corrected chi connectivity index (χ3v) is 6.22. The molecule has 1 aliphatic heterocycles. The molecule has 0 bridgehead atoms. The molecule has 1 aliphatic rings. The second-order valence-electron chi connectivity index (χ2n) is 6.96. The third-order valence-electron chi connectivity index (χ3n) is 5.15. The van der Waals surface area contributed by atoms with Crippen LogP contribution in [0.4, 0.5) is 13.2 Å². The monoisotopic (exact) mass is 423 g/mol. The molecule has 0 saturated carbocycles. The van der Waals surface area contributed by atoms with E-state index < -0.39 is 28.8 Å². The SMILES string of the molecule is CCC(=O)C1CC(c2ccccc2)CCN1C(=O)c1ccc(C(=O)C(F)(F)F)s1. The summed E-state index contributed by atoms with van der Waals surface area (Å²) in [7, 11) is 0. The Labute approximate surface area is 170 Å². The van der Waals surface area contributed by atoms with Gasteiger partial charge in [0.25, 0.3) is 11.7 Å². The van der Waals surface area contributed by atoms with Crippen molar-refractivity contribution in [2.45, 2.75) is 44.3 Å². The molecule has 3 rings (SSSR count). The summed E-state index contributed by atoms with van der Waals surface area (Å²) in [6, 6.07) is 11.4. The van der Waals surface area contributed by atoms with Gasteiger partial charge in [0.15, 0.2) is 5.78 Å². The summed E-state index contributed by atoms with van der Waals surface area (Å²) in [5.41, 5.74) is 1.10. The first-order valence-electron chi connectivity index (χ1n) is 9.32. The molecular formula is C21H20F3NO3S. The lowest BCUT2D eigenvalue weighted by Crippen LogP contribution is -2.49. The lowest BCUT2D eigenvalue weighted by molar-refractivity contribution is -0.124. The highest BCUT2D eigenvalue weighted by atomic mass is 32.1. The van der Waals surface area contributed by atoms with E-state index >= 15 is 0 Å². The van der Waals surface area contributed by atoms with E-state index in [9.17, 15) is 27.6 Å². The maximum absolute atomic E-state index is 13.0. The zero-order valence-electron chi connectivity index (χ0n) is 15.7. The minimum atomic E-state index is -4.99. The Bertz CT molecular complexity index is 907. The van der Waals surface area contributed by atoms with Crippen LogP contribution in [0.5, 0.6) is 0 Å². The van der Waals surface area contributed by atoms with Gasteiger partial charge >= 0.3 is 6.18 Å². The molecule has 0 aliphatic carbocycles. The van der Waals surface area contributed by atoms with Gasteiger partial charge in [-0.2, -0.15) is 13.2 Å². The number of carbonyl (C=O) groups is 3. The van der Waals surface area contributed by atoms with Crippen molar-refractivity contribution in [3.8, 4) is 0 Å². The number of benzene rings is 1. The number of hydrogen-bond acceptors (Lipinski definition) is 4. The molecule has 8 heteroatoms. The fourth-order valence-corrected chi connectivity index (χ4v) is 4.56. The third kappa shape index (κ3) is 4.58. The van der Waals surface area contributed by atoms with Gasteiger partial charge in [-0.15, -0.1) is 11.3 Å². The van der Waals surface area contributed by atoms with E-state index in [1.165, 1.54) is 11.0 Å². The highest BCUT2D eigenvalue weighted by Crippen LogP contribution is 2.34. The van der Waals surface area contributed by atoms with Gasteiger partial charge in [-0.25, -0.2) is 0 Å². The van der Waals surface area contributed by atoms with Gasteiger partial charge in [0, 0.05) is 13.0 Å². The minimum absolute atomic E-state index is 0.0321. The normalized spacial score (nSPS) is 19.8. The molecule has 4 nitrogen and oxygen atoms in total. The van der Waals surface area contributed by atoms with Crippen molar-refractivity contribution in [2.24, 2.45) is 0 Å². The molecule has 0 spiro atoms. The molecule has 1 amide bonds. The molecule has 1 aromatic carbocycles. The van der Waals surface area contributed by atoms with Gasteiger partial charge in [0.05, 0.1) is 15.8 Å². The van der Waals surface area contributed by atoms with Crippen LogP contribution in [0.3, 0.4) is 0 Å². The molecule has 1 aromatic heterocycles. The standard InChI is InChI=1S/C21H20F3NO3S/c1-2-16(26)15-12-14(13-6-4-3-5-7-13)10-11-25(15)20(28)18-9-8-17(29-18)19(27)21(22,23)24/h3-9,14-15H,2,10-12H2,1H3. The number of rotatable bonds is 5. The number of hydrogen-bond donors (Lipinski definition) is 0. The predicted octanol–water partition coefficient (Wildman–Crippen LogP) is 4.86. The van der Waals surface area contributed by atoms with Gasteiger partial charge in [0.2, 0.25) is 0 Å². The van der Waals surface area contributed by atoms with Crippen LogP contribution in [0.25, 0.3) is 0 Å². The first-order valence-corrected chi connectivity index (χ1v) is 10.1. The molecule has 2 heterocycles. The van der Waals surface area contributed by atoms with Crippen molar-refractivity contribution in [3.63, 3.8) is 0 Å². The number of amides is 1. The number of piperidine rings is 1. The van der Waals surface area contributed by atoms with Crippen LogP contribution >= 0.6 is 11.3 Å². The molecular weight excluding hydrogens is 403 g/mol. The zero-order valence-corrected chi connectivity index (χ0v) is 16.6. The van der Waals surface area contributed by atoms with Gasteiger partial charge < -0.3 is 4.90 Å². The number of likely N-dealkylation sites (tertiary alicyclic amines) is 1. The Hall–Kier alpha value is -2.48. The number of halogens is 3. The molecule has 1 fully saturated rings. The number of thiophene rings is 1. The molecule has 29 heavy (non-hydrogen) atoms. The predicted molar refractivity (Wildman–Crippen MR) is 103 cm³/mol. The summed E-state index contributed by atoms with van der Waals surface area (Å²) in [6.45, 7) is 2.05. The van der Waals surface area contributed by atoms with Crippen molar-refractivity contribution in [3.05, 3.63) is 57.8 Å². The number of ketones is 2. The second kappa shape index (κ2) is 8.49. The quantitative estimate of drug-likeness (QED) is 0.646. The van der Waals surface area contributed by atoms with Crippen LogP contribution in [0, 0.1) is 0 Å². The minimum Gasteiger partial charge on any atom is -0.328 e. The highest BCUT2D eigenvalue weighted by molar-refractivity contribution is 7.16. The highest BCUT2D eigenvalue weighted by Gasteiger charge is 2.41. The Morgan fingerprint density at radius 3 is 2.34 bits per heavy atom. The van der Waals surface area contributed by atoms with Crippen LogP contribution in [0.2, 0.25) is 0 Å². The largest absolute Gasteiger partial charge is 0.455 e. The first-order chi connectivity index (χ1) is 13.7. The Kier molecular flexibility index (Phi) is 6.21. The average Bonchev–Trinajstić information content (AvgIpc) is 3.21. The summed E-state index contributed by atoms with van der Waals surface area (Å²) < 4.78 is 37.9. The lowest BCUT2D eigenvalue weighted by atomic mass is 9.83. The number of alkyl halides is 3. The summed E-state index contributed by atoms with van der Waals surface area (Å²) in [5.74, 6) is -2.42. The van der Waals surface area contributed by atoms with Gasteiger partial charge in [-0.3, -0.25) is 14.4 Å². The van der Waals surface area contributed by atoms with Gasteiger partial charge in [-0.05, 0) is 36.5 Å². The summed E-state index contributed by atoms with van der Waals surface area (Å²) in [4.78, 5) is 37.8. The van der Waals surface area contributed by atoms with Crippen molar-refractivity contribution in [1.29, 1.82) is 0 Å². The summed E-state index contributed by atoms with van der Waals surface area (Å²) >= 11 is 0.516. The van der Waals surface area contributed by atoms with E-state index in [4.69, 9.17) is 0 Å². The molecule has 2 unspecified atom stereocenters. The van der Waals surface area contributed by atoms with Crippen LogP contribution in [0.15, 0.2) is 42.5 Å². The van der Waals surface area contributed by atoms with E-state index in [-0.39, 0.29) is 23.0 Å². The maximum atomic E-state index is 13.0. The van der Waals surface area contributed by atoms with Gasteiger partial charge in [-0.1, -0.05) is 37.3 Å². The van der Waals surface area contributed by atoms with Crippen LogP contribution in [0.1, 0.15) is 57.0 Å². The lowest BCUT2D eigenvalue weighted by Gasteiger charge is -2.38. The smallest absolute Gasteiger partial charge is 0.328 e. The number of carbonyl (C=O) groups excluding carboxylic acids is 3. The maximum Gasteiger partial charge on any atom is 0.455 e. The molecule has 0 radical (unpaired) electrons. The van der Waals surface area contributed by atoms with Gasteiger partial charge in [0.1, 0.15) is 0 Å². The average molecular weight is 423 g/mol. The topological polar surface area (TPSA) is 54.5 Å². The van der Waals surface area contributed by atoms with E-state index in [1.54, 1.807) is 6.92 Å². The van der Waals surface area contributed by atoms with E-state index in [1.807, 2.05) is 30.3 Å². The van der Waals surface area contributed by atoms with Crippen molar-refractivity contribution >= 4 is 28.8 Å². The zero-order chi connectivity index (χ0) is 21.2. The van der Waals surface area contributed by atoms with Crippen molar-refractivity contribution in [2.75, 3.05) is 6.54 Å². The molecule has 2 aromatic rings. The summed E-state index contributed by atoms with van der Waals surface area (Å²) in [6.07, 6.45) is -3.59. The summed E-state index contributed by atoms with van der Waals surface area (Å²) in [5, 5.41) is 0. The number of Topliss-reactive ketones (excluding diaryl/α,β-unsaturated/α-hetero) is 2. The molecule has 2 atom stereocenters. The van der Waals surface area contributed by atoms with E-state index in [2.05, 4.69) is 0 Å². The molecule has 0 N–H and O–H groups in total.